The number of fused-ring (bicyclic) bond motifs is 3. The molecule has 0 spiro atoms. The van der Waals surface area contributed by atoms with E-state index in [4.69, 9.17) is 13.9 Å². The Kier molecular flexibility index (Phi) is 8.74. The van der Waals surface area contributed by atoms with Gasteiger partial charge in [-0.2, -0.15) is 0 Å². The number of phenolic OH excluding ortho intramolecular Hbond substituents is 2. The number of hydrogen-bond acceptors (Lipinski definition) is 5. The summed E-state index contributed by atoms with van der Waals surface area (Å²) in [4.78, 5) is 0. The van der Waals surface area contributed by atoms with Gasteiger partial charge in [-0.1, -0.05) is 65.2 Å². The molecule has 0 amide bonds. The Labute approximate surface area is 185 Å². The average Bonchev–Trinajstić information content (AvgIpc) is 3.09. The molecule has 0 saturated heterocycles. The van der Waals surface area contributed by atoms with E-state index in [9.17, 15) is 10.2 Å². The molecule has 5 nitrogen and oxygen atoms in total. The summed E-state index contributed by atoms with van der Waals surface area (Å²) >= 11 is 0. The third kappa shape index (κ3) is 6.22. The highest BCUT2D eigenvalue weighted by Crippen LogP contribution is 2.41. The molecule has 0 radical (unpaired) electrons. The Morgan fingerprint density at radius 1 is 0.613 bits per heavy atom. The van der Waals surface area contributed by atoms with Crippen molar-refractivity contribution in [2.24, 2.45) is 0 Å². The molecule has 2 aromatic carbocycles. The first-order valence-electron chi connectivity index (χ1n) is 11.8. The Hall–Kier alpha value is -2.56. The number of rotatable bonds is 14. The Bertz CT molecular complexity index is 883. The fourth-order valence-corrected chi connectivity index (χ4v) is 3.81. The van der Waals surface area contributed by atoms with Crippen LogP contribution in [-0.4, -0.2) is 23.4 Å². The van der Waals surface area contributed by atoms with E-state index in [1.807, 2.05) is 0 Å². The molecule has 170 valence electrons. The highest BCUT2D eigenvalue weighted by Gasteiger charge is 2.15. The molecule has 0 aliphatic rings. The van der Waals surface area contributed by atoms with Crippen LogP contribution in [0.25, 0.3) is 21.9 Å². The number of furan rings is 1. The molecule has 1 aromatic heterocycles. The van der Waals surface area contributed by atoms with E-state index in [0.29, 0.717) is 35.9 Å². The van der Waals surface area contributed by atoms with Gasteiger partial charge in [0, 0.05) is 22.9 Å². The Morgan fingerprint density at radius 2 is 1.03 bits per heavy atom. The van der Waals surface area contributed by atoms with Crippen molar-refractivity contribution in [3.63, 3.8) is 0 Å². The minimum Gasteiger partial charge on any atom is -0.504 e. The zero-order valence-electron chi connectivity index (χ0n) is 18.9. The summed E-state index contributed by atoms with van der Waals surface area (Å²) in [6.45, 7) is 5.53. The van der Waals surface area contributed by atoms with Crippen LogP contribution in [0.5, 0.6) is 23.0 Å². The average molecular weight is 429 g/mol. The summed E-state index contributed by atoms with van der Waals surface area (Å²) in [6.07, 6.45) is 11.5. The molecule has 0 bridgehead atoms. The molecule has 31 heavy (non-hydrogen) atoms. The van der Waals surface area contributed by atoms with Crippen molar-refractivity contribution in [1.29, 1.82) is 0 Å². The highest BCUT2D eigenvalue weighted by atomic mass is 16.5. The zero-order valence-corrected chi connectivity index (χ0v) is 18.9. The third-order valence-corrected chi connectivity index (χ3v) is 5.64. The molecule has 3 rings (SSSR count). The van der Waals surface area contributed by atoms with E-state index in [1.54, 1.807) is 24.3 Å². The molecule has 0 unspecified atom stereocenters. The molecule has 3 aromatic rings. The molecule has 0 fully saturated rings. The first-order valence-corrected chi connectivity index (χ1v) is 11.8. The van der Waals surface area contributed by atoms with Crippen LogP contribution in [0.3, 0.4) is 0 Å². The van der Waals surface area contributed by atoms with Gasteiger partial charge in [-0.05, 0) is 25.0 Å². The molecule has 0 saturated carbocycles. The van der Waals surface area contributed by atoms with Gasteiger partial charge >= 0.3 is 0 Å². The van der Waals surface area contributed by atoms with Gasteiger partial charge in [0.1, 0.15) is 11.2 Å². The Morgan fingerprint density at radius 3 is 1.45 bits per heavy atom. The van der Waals surface area contributed by atoms with E-state index in [-0.39, 0.29) is 11.5 Å². The van der Waals surface area contributed by atoms with E-state index >= 15 is 0 Å². The van der Waals surface area contributed by atoms with Crippen LogP contribution in [-0.2, 0) is 0 Å². The molecule has 2 N–H and O–H groups in total. The summed E-state index contributed by atoms with van der Waals surface area (Å²) in [5.41, 5.74) is 1.23. The summed E-state index contributed by atoms with van der Waals surface area (Å²) < 4.78 is 17.5. The Balaban J connectivity index is 1.67. The summed E-state index contributed by atoms with van der Waals surface area (Å²) in [7, 11) is 0. The van der Waals surface area contributed by atoms with Crippen LogP contribution < -0.4 is 9.47 Å². The molecule has 0 aliphatic carbocycles. The van der Waals surface area contributed by atoms with E-state index in [0.717, 1.165) is 36.5 Å². The predicted octanol–water partition coefficient (Wildman–Crippen LogP) is 7.70. The minimum atomic E-state index is 0.0793. The SMILES string of the molecule is CCCCCCCOc1cc2oc3cc(OCCCCCCC)c(O)cc3c2cc1O. The van der Waals surface area contributed by atoms with Gasteiger partial charge in [0.05, 0.1) is 13.2 Å². The lowest BCUT2D eigenvalue weighted by Crippen LogP contribution is -1.97. The first kappa shape index (κ1) is 23.1. The van der Waals surface area contributed by atoms with E-state index in [2.05, 4.69) is 13.8 Å². The van der Waals surface area contributed by atoms with Gasteiger partial charge in [0.15, 0.2) is 23.0 Å². The second-order valence-electron chi connectivity index (χ2n) is 8.26. The second kappa shape index (κ2) is 11.7. The summed E-state index contributed by atoms with van der Waals surface area (Å²) in [5.74, 6) is 1.01. The molecule has 0 aliphatic heterocycles. The van der Waals surface area contributed by atoms with Crippen molar-refractivity contribution < 1.29 is 24.1 Å². The number of phenols is 2. The fraction of sp³-hybridized carbons (Fsp3) is 0.538. The van der Waals surface area contributed by atoms with Crippen LogP contribution >= 0.6 is 0 Å². The lowest BCUT2D eigenvalue weighted by Gasteiger charge is -2.08. The van der Waals surface area contributed by atoms with Crippen molar-refractivity contribution >= 4 is 21.9 Å². The number of ether oxygens (including phenoxy) is 2. The first-order chi connectivity index (χ1) is 15.1. The van der Waals surface area contributed by atoms with Crippen LogP contribution in [0, 0.1) is 0 Å². The molecule has 1 heterocycles. The maximum Gasteiger partial charge on any atom is 0.164 e. The standard InChI is InChI=1S/C26H36O5/c1-3-5-7-9-11-13-29-25-17-23-19(15-21(25)27)20-16-22(28)26(18-24(20)31-23)30-14-12-10-8-6-4-2/h15-18,27-28H,3-14H2,1-2H3. The third-order valence-electron chi connectivity index (χ3n) is 5.64. The number of aromatic hydroxyl groups is 2. The summed E-state index contributed by atoms with van der Waals surface area (Å²) in [6, 6.07) is 6.73. The van der Waals surface area contributed by atoms with Gasteiger partial charge in [0.2, 0.25) is 0 Å². The van der Waals surface area contributed by atoms with Gasteiger partial charge in [-0.15, -0.1) is 0 Å². The smallest absolute Gasteiger partial charge is 0.164 e. The van der Waals surface area contributed by atoms with Crippen molar-refractivity contribution in [2.45, 2.75) is 78.1 Å². The van der Waals surface area contributed by atoms with Crippen molar-refractivity contribution in [3.8, 4) is 23.0 Å². The van der Waals surface area contributed by atoms with Crippen LogP contribution in [0.4, 0.5) is 0 Å². The molecule has 0 atom stereocenters. The van der Waals surface area contributed by atoms with Crippen molar-refractivity contribution in [1.82, 2.24) is 0 Å². The highest BCUT2D eigenvalue weighted by molar-refractivity contribution is 6.07. The number of benzene rings is 2. The molecule has 5 heteroatoms. The van der Waals surface area contributed by atoms with E-state index in [1.165, 1.54) is 38.5 Å². The van der Waals surface area contributed by atoms with Gasteiger partial charge < -0.3 is 24.1 Å². The van der Waals surface area contributed by atoms with Crippen LogP contribution in [0.1, 0.15) is 78.1 Å². The van der Waals surface area contributed by atoms with Crippen molar-refractivity contribution in [2.75, 3.05) is 13.2 Å². The van der Waals surface area contributed by atoms with Crippen LogP contribution in [0.2, 0.25) is 0 Å². The van der Waals surface area contributed by atoms with Gasteiger partial charge in [-0.25, -0.2) is 0 Å². The second-order valence-corrected chi connectivity index (χ2v) is 8.26. The normalized spacial score (nSPS) is 11.4. The number of hydrogen-bond donors (Lipinski definition) is 2. The van der Waals surface area contributed by atoms with Crippen molar-refractivity contribution in [3.05, 3.63) is 24.3 Å². The summed E-state index contributed by atoms with van der Waals surface area (Å²) in [5, 5.41) is 22.3. The molecular formula is C26H36O5. The number of unbranched alkanes of at least 4 members (excludes halogenated alkanes) is 8. The minimum absolute atomic E-state index is 0.0793. The lowest BCUT2D eigenvalue weighted by molar-refractivity contribution is 0.289. The predicted molar refractivity (Wildman–Crippen MR) is 126 cm³/mol. The lowest BCUT2D eigenvalue weighted by atomic mass is 10.1. The topological polar surface area (TPSA) is 72.1 Å². The maximum absolute atomic E-state index is 10.4. The van der Waals surface area contributed by atoms with E-state index < -0.39 is 0 Å². The quantitative estimate of drug-likeness (QED) is 0.257. The maximum atomic E-state index is 10.4. The molecular weight excluding hydrogens is 392 g/mol. The fourth-order valence-electron chi connectivity index (χ4n) is 3.81. The monoisotopic (exact) mass is 428 g/mol. The van der Waals surface area contributed by atoms with Gasteiger partial charge in [0.25, 0.3) is 0 Å². The zero-order chi connectivity index (χ0) is 22.1. The largest absolute Gasteiger partial charge is 0.504 e. The van der Waals surface area contributed by atoms with Gasteiger partial charge in [-0.3, -0.25) is 0 Å². The van der Waals surface area contributed by atoms with Crippen LogP contribution in [0.15, 0.2) is 28.7 Å².